The molecule has 0 atom stereocenters. The van der Waals surface area contributed by atoms with Crippen LogP contribution in [0.15, 0.2) is 90.0 Å². The Morgan fingerprint density at radius 1 is 0.925 bits per heavy atom. The van der Waals surface area contributed by atoms with E-state index in [-0.39, 0.29) is 29.3 Å². The van der Waals surface area contributed by atoms with Crippen LogP contribution in [0.25, 0.3) is 0 Å². The number of ketones is 1. The second-order valence-electron chi connectivity index (χ2n) is 8.74. The molecule has 1 heterocycles. The fraction of sp³-hybridized carbons (Fsp3) is 0.148. The van der Waals surface area contributed by atoms with Crippen LogP contribution in [-0.2, 0) is 27.7 Å². The Morgan fingerprint density at radius 3 is 2.05 bits per heavy atom. The molecule has 208 valence electrons. The second kappa shape index (κ2) is 11.7. The van der Waals surface area contributed by atoms with Gasteiger partial charge in [0.25, 0.3) is 0 Å². The number of benzene rings is 3. The molecule has 0 aliphatic carbocycles. The number of hydrogen-bond donors (Lipinski definition) is 2. The zero-order valence-corrected chi connectivity index (χ0v) is 21.9. The number of halogens is 3. The minimum Gasteiger partial charge on any atom is -0.406 e. The summed E-state index contributed by atoms with van der Waals surface area (Å²) < 4.78 is 63.6. The molecular weight excluding hydrogens is 547 g/mol. The highest BCUT2D eigenvalue weighted by atomic mass is 32.2. The first-order valence-electron chi connectivity index (χ1n) is 11.8. The van der Waals surface area contributed by atoms with Gasteiger partial charge in [0, 0.05) is 37.5 Å². The Bertz CT molecular complexity index is 1580. The fourth-order valence-electron chi connectivity index (χ4n) is 3.75. The normalized spacial score (nSPS) is 11.6. The zero-order valence-electron chi connectivity index (χ0n) is 21.1. The molecule has 3 N–H and O–H groups in total. The van der Waals surface area contributed by atoms with Crippen molar-refractivity contribution in [2.24, 2.45) is 5.14 Å². The van der Waals surface area contributed by atoms with Crippen molar-refractivity contribution in [3.8, 4) is 5.75 Å². The van der Waals surface area contributed by atoms with Crippen LogP contribution >= 0.6 is 0 Å². The number of rotatable bonds is 10. The number of sulfonamides is 1. The topological polar surface area (TPSA) is 128 Å². The molecule has 3 aromatic carbocycles. The third kappa shape index (κ3) is 8.01. The predicted octanol–water partition coefficient (Wildman–Crippen LogP) is 4.89. The van der Waals surface area contributed by atoms with Gasteiger partial charge >= 0.3 is 6.36 Å². The average molecular weight is 572 g/mol. The van der Waals surface area contributed by atoms with Gasteiger partial charge in [-0.1, -0.05) is 24.3 Å². The van der Waals surface area contributed by atoms with Gasteiger partial charge in [-0.15, -0.1) is 13.2 Å². The van der Waals surface area contributed by atoms with Gasteiger partial charge in [0.15, 0.2) is 0 Å². The van der Waals surface area contributed by atoms with E-state index in [1.807, 2.05) is 36.2 Å². The molecule has 0 radical (unpaired) electrons. The summed E-state index contributed by atoms with van der Waals surface area (Å²) in [5.74, 6) is 0.455. The number of nitrogens with zero attached hydrogens (tertiary/aromatic N) is 3. The lowest BCUT2D eigenvalue weighted by Gasteiger charge is -2.19. The first kappa shape index (κ1) is 28.5. The summed E-state index contributed by atoms with van der Waals surface area (Å²) in [6.45, 7) is 0. The summed E-state index contributed by atoms with van der Waals surface area (Å²) in [7, 11) is -1.97. The van der Waals surface area contributed by atoms with Crippen molar-refractivity contribution >= 4 is 38.9 Å². The summed E-state index contributed by atoms with van der Waals surface area (Å²) in [5, 5.41) is 8.14. The highest BCUT2D eigenvalue weighted by molar-refractivity contribution is 7.89. The van der Waals surface area contributed by atoms with Gasteiger partial charge in [0.1, 0.15) is 17.4 Å². The standard InChI is InChI=1S/C27H24F3N5O4S/c1-35(25-14-15-32-26(34-25)33-20-6-12-24(13-7-20)40(31,37)38)21-8-2-18(3-9-21)16-22(36)17-19-4-10-23(11-5-19)39-27(28,29)30/h2-15H,16-17H2,1H3,(H2,31,37,38)(H,32,33,34). The molecule has 4 aromatic rings. The number of ether oxygens (including phenoxy) is 1. The van der Waals surface area contributed by atoms with E-state index in [0.717, 1.165) is 11.3 Å². The molecule has 0 amide bonds. The molecule has 0 aliphatic heterocycles. The average Bonchev–Trinajstić information content (AvgIpc) is 2.89. The first-order chi connectivity index (χ1) is 18.9. The van der Waals surface area contributed by atoms with Gasteiger partial charge in [0.2, 0.25) is 16.0 Å². The summed E-state index contributed by atoms with van der Waals surface area (Å²) in [5.41, 5.74) is 2.75. The maximum Gasteiger partial charge on any atom is 0.573 e. The summed E-state index contributed by atoms with van der Waals surface area (Å²) in [6.07, 6.45) is -2.95. The number of anilines is 4. The molecule has 0 aliphatic rings. The van der Waals surface area contributed by atoms with Crippen molar-refractivity contribution in [3.05, 3.63) is 96.2 Å². The summed E-state index contributed by atoms with van der Waals surface area (Å²) >= 11 is 0. The molecule has 0 saturated carbocycles. The summed E-state index contributed by atoms with van der Waals surface area (Å²) in [4.78, 5) is 23.0. The Labute approximate surface area is 228 Å². The zero-order chi connectivity index (χ0) is 28.9. The van der Waals surface area contributed by atoms with Crippen LogP contribution in [0.5, 0.6) is 5.75 Å². The van der Waals surface area contributed by atoms with E-state index in [1.54, 1.807) is 24.4 Å². The van der Waals surface area contributed by atoms with Crippen LogP contribution < -0.4 is 20.1 Å². The molecule has 0 bridgehead atoms. The number of alkyl halides is 3. The Kier molecular flexibility index (Phi) is 8.35. The van der Waals surface area contributed by atoms with Crippen LogP contribution in [0, 0.1) is 0 Å². The smallest absolute Gasteiger partial charge is 0.406 e. The maximum absolute atomic E-state index is 12.5. The van der Waals surface area contributed by atoms with E-state index in [0.29, 0.717) is 23.0 Å². The molecule has 1 aromatic heterocycles. The minimum atomic E-state index is -4.77. The molecule has 13 heteroatoms. The maximum atomic E-state index is 12.5. The van der Waals surface area contributed by atoms with E-state index in [2.05, 4.69) is 20.0 Å². The molecule has 4 rings (SSSR count). The van der Waals surface area contributed by atoms with Crippen molar-refractivity contribution in [3.63, 3.8) is 0 Å². The number of Topliss-reactive ketones (excluding diaryl/α,β-unsaturated/α-hetero) is 1. The third-order valence-electron chi connectivity index (χ3n) is 5.71. The van der Waals surface area contributed by atoms with E-state index >= 15 is 0 Å². The number of aromatic nitrogens is 2. The van der Waals surface area contributed by atoms with E-state index in [4.69, 9.17) is 5.14 Å². The Balaban J connectivity index is 1.35. The highest BCUT2D eigenvalue weighted by Crippen LogP contribution is 2.25. The number of carbonyl (C=O) groups is 1. The highest BCUT2D eigenvalue weighted by Gasteiger charge is 2.31. The largest absolute Gasteiger partial charge is 0.573 e. The van der Waals surface area contributed by atoms with E-state index < -0.39 is 16.4 Å². The Morgan fingerprint density at radius 2 is 1.50 bits per heavy atom. The van der Waals surface area contributed by atoms with Crippen LogP contribution in [0.2, 0.25) is 0 Å². The molecule has 40 heavy (non-hydrogen) atoms. The van der Waals surface area contributed by atoms with E-state index in [9.17, 15) is 26.4 Å². The molecule has 0 saturated heterocycles. The predicted molar refractivity (Wildman–Crippen MR) is 143 cm³/mol. The number of hydrogen-bond acceptors (Lipinski definition) is 8. The molecule has 0 spiro atoms. The van der Waals surface area contributed by atoms with Crippen molar-refractivity contribution in [1.29, 1.82) is 0 Å². The fourth-order valence-corrected chi connectivity index (χ4v) is 4.27. The monoisotopic (exact) mass is 571 g/mol. The quantitative estimate of drug-likeness (QED) is 0.276. The minimum absolute atomic E-state index is 0.00813. The van der Waals surface area contributed by atoms with Gasteiger partial charge in [-0.2, -0.15) is 4.98 Å². The molecule has 0 fully saturated rings. The summed E-state index contributed by atoms with van der Waals surface area (Å²) in [6, 6.07) is 20.1. The van der Waals surface area contributed by atoms with Crippen molar-refractivity contribution in [2.75, 3.05) is 17.3 Å². The van der Waals surface area contributed by atoms with Crippen molar-refractivity contribution in [2.45, 2.75) is 24.1 Å². The molecule has 0 unspecified atom stereocenters. The van der Waals surface area contributed by atoms with Gasteiger partial charge in [-0.05, 0) is 65.7 Å². The van der Waals surface area contributed by atoms with Gasteiger partial charge in [-0.3, -0.25) is 4.79 Å². The van der Waals surface area contributed by atoms with Gasteiger partial charge < -0.3 is 15.0 Å². The number of nitrogens with one attached hydrogen (secondary N) is 1. The van der Waals surface area contributed by atoms with Crippen LogP contribution in [-0.4, -0.2) is 37.6 Å². The van der Waals surface area contributed by atoms with Crippen LogP contribution in [0.4, 0.5) is 36.3 Å². The first-order valence-corrected chi connectivity index (χ1v) is 13.3. The lowest BCUT2D eigenvalue weighted by molar-refractivity contribution is -0.274. The van der Waals surface area contributed by atoms with Crippen molar-refractivity contribution in [1.82, 2.24) is 9.97 Å². The lowest BCUT2D eigenvalue weighted by Crippen LogP contribution is -2.17. The van der Waals surface area contributed by atoms with Gasteiger partial charge in [-0.25, -0.2) is 18.5 Å². The number of primary sulfonamides is 1. The van der Waals surface area contributed by atoms with Crippen LogP contribution in [0.1, 0.15) is 11.1 Å². The van der Waals surface area contributed by atoms with Gasteiger partial charge in [0.05, 0.1) is 4.90 Å². The Hall–Kier alpha value is -4.49. The molecule has 9 nitrogen and oxygen atoms in total. The van der Waals surface area contributed by atoms with E-state index in [1.165, 1.54) is 36.4 Å². The number of nitrogens with two attached hydrogens (primary N) is 1. The molecular formula is C27H24F3N5O4S. The third-order valence-corrected chi connectivity index (χ3v) is 6.64. The van der Waals surface area contributed by atoms with Crippen LogP contribution in [0.3, 0.4) is 0 Å². The number of carbonyl (C=O) groups excluding carboxylic acids is 1. The van der Waals surface area contributed by atoms with Crippen molar-refractivity contribution < 1.29 is 31.1 Å². The SMILES string of the molecule is CN(c1ccc(CC(=O)Cc2ccc(OC(F)(F)F)cc2)cc1)c1ccnc(Nc2ccc(S(N)(=O)=O)cc2)n1. The second-order valence-corrected chi connectivity index (χ2v) is 10.3. The lowest BCUT2D eigenvalue weighted by atomic mass is 10.0.